The van der Waals surface area contributed by atoms with Crippen molar-refractivity contribution in [3.8, 4) is 22.3 Å². The first-order chi connectivity index (χ1) is 30.7. The molecule has 0 aliphatic heterocycles. The van der Waals surface area contributed by atoms with Gasteiger partial charge in [-0.25, -0.2) is 0 Å². The largest absolute Gasteiger partial charge is 0.456 e. The molecule has 8 aromatic carbocycles. The molecule has 11 aromatic rings. The van der Waals surface area contributed by atoms with Crippen molar-refractivity contribution in [3.63, 3.8) is 0 Å². The number of allylic oxidation sites excluding steroid dienone is 4. The molecule has 3 heterocycles. The van der Waals surface area contributed by atoms with E-state index >= 15 is 0 Å². The van der Waals surface area contributed by atoms with E-state index in [1.807, 2.05) is 18.2 Å². The van der Waals surface area contributed by atoms with Crippen LogP contribution in [0.25, 0.3) is 93.9 Å². The Balaban J connectivity index is 0.894. The molecule has 0 N–H and O–H groups in total. The van der Waals surface area contributed by atoms with E-state index in [0.29, 0.717) is 11.8 Å². The Morgan fingerprint density at radius 1 is 0.435 bits per heavy atom. The van der Waals surface area contributed by atoms with E-state index in [-0.39, 0.29) is 0 Å². The fourth-order valence-electron chi connectivity index (χ4n) is 10.1. The Hall–Kier alpha value is -7.82. The minimum atomic E-state index is 0.373. The summed E-state index contributed by atoms with van der Waals surface area (Å²) in [4.78, 5) is 2.43. The summed E-state index contributed by atoms with van der Waals surface area (Å²) >= 11 is 0. The molecule has 0 fully saturated rings. The Bertz CT molecular complexity index is 3670. The van der Waals surface area contributed by atoms with Crippen molar-refractivity contribution in [1.29, 1.82) is 0 Å². The summed E-state index contributed by atoms with van der Waals surface area (Å²) < 4.78 is 18.8. The number of benzene rings is 8. The lowest BCUT2D eigenvalue weighted by atomic mass is 9.79. The van der Waals surface area contributed by atoms with Gasteiger partial charge >= 0.3 is 0 Å². The van der Waals surface area contributed by atoms with Gasteiger partial charge in [0, 0.05) is 49.4 Å². The van der Waals surface area contributed by atoms with E-state index in [9.17, 15) is 0 Å². The van der Waals surface area contributed by atoms with Gasteiger partial charge in [0.2, 0.25) is 0 Å². The number of anilines is 2. The summed E-state index contributed by atoms with van der Waals surface area (Å²) in [6.45, 7) is 0. The highest BCUT2D eigenvalue weighted by Crippen LogP contribution is 2.44. The lowest BCUT2D eigenvalue weighted by Gasteiger charge is -2.32. The molecule has 0 radical (unpaired) electrons. The predicted molar refractivity (Wildman–Crippen MR) is 256 cm³/mol. The molecule has 2 aliphatic rings. The summed E-state index contributed by atoms with van der Waals surface area (Å²) in [5, 5.41) is 8.12. The third-order valence-corrected chi connectivity index (χ3v) is 13.2. The maximum absolute atomic E-state index is 6.43. The molecule has 3 aromatic heterocycles. The van der Waals surface area contributed by atoms with Crippen molar-refractivity contribution in [2.24, 2.45) is 11.8 Å². The Morgan fingerprint density at radius 2 is 1.05 bits per heavy atom. The first-order valence-electron chi connectivity index (χ1n) is 21.5. The predicted octanol–water partition coefficient (Wildman–Crippen LogP) is 16.2. The highest BCUT2D eigenvalue weighted by Gasteiger charge is 2.28. The minimum absolute atomic E-state index is 0.373. The first-order valence-corrected chi connectivity index (χ1v) is 21.5. The molecule has 2 unspecified atom stereocenters. The van der Waals surface area contributed by atoms with Gasteiger partial charge in [-0.1, -0.05) is 121 Å². The zero-order chi connectivity index (χ0) is 40.7. The van der Waals surface area contributed by atoms with Crippen LogP contribution in [0.2, 0.25) is 0 Å². The van der Waals surface area contributed by atoms with Crippen LogP contribution in [0.1, 0.15) is 17.7 Å². The molecule has 0 amide bonds. The molecule has 13 rings (SSSR count). The van der Waals surface area contributed by atoms with Gasteiger partial charge in [-0.05, 0) is 131 Å². The number of hydrogen-bond acceptors (Lipinski definition) is 4. The van der Waals surface area contributed by atoms with Crippen LogP contribution in [-0.2, 0) is 6.42 Å². The third-order valence-electron chi connectivity index (χ3n) is 13.2. The molecular formula is C58H39NO3. The highest BCUT2D eigenvalue weighted by molar-refractivity contribution is 6.11. The van der Waals surface area contributed by atoms with Crippen LogP contribution in [-0.4, -0.2) is 0 Å². The zero-order valence-electron chi connectivity index (χ0n) is 33.8. The van der Waals surface area contributed by atoms with Gasteiger partial charge in [0.05, 0.1) is 5.69 Å². The van der Waals surface area contributed by atoms with E-state index in [4.69, 9.17) is 13.3 Å². The monoisotopic (exact) mass is 797 g/mol. The van der Waals surface area contributed by atoms with E-state index in [1.54, 1.807) is 0 Å². The highest BCUT2D eigenvalue weighted by atomic mass is 16.3. The fraction of sp³-hybridized carbons (Fsp3) is 0.0690. The Morgan fingerprint density at radius 3 is 1.87 bits per heavy atom. The number of furan rings is 3. The van der Waals surface area contributed by atoms with Crippen LogP contribution in [0.15, 0.2) is 213 Å². The quantitative estimate of drug-likeness (QED) is 0.168. The first kappa shape index (κ1) is 35.0. The van der Waals surface area contributed by atoms with E-state index < -0.39 is 0 Å². The maximum Gasteiger partial charge on any atom is 0.136 e. The lowest BCUT2D eigenvalue weighted by Crippen LogP contribution is -2.21. The van der Waals surface area contributed by atoms with E-state index in [1.165, 1.54) is 21.7 Å². The van der Waals surface area contributed by atoms with Crippen molar-refractivity contribution in [2.75, 3.05) is 4.90 Å². The van der Waals surface area contributed by atoms with Gasteiger partial charge in [0.15, 0.2) is 0 Å². The van der Waals surface area contributed by atoms with Crippen molar-refractivity contribution in [1.82, 2.24) is 0 Å². The number of fused-ring (bicyclic) bond motifs is 10. The second-order valence-corrected chi connectivity index (χ2v) is 16.8. The fourth-order valence-corrected chi connectivity index (χ4v) is 10.1. The van der Waals surface area contributed by atoms with Crippen molar-refractivity contribution in [3.05, 3.63) is 211 Å². The molecular weight excluding hydrogens is 759 g/mol. The molecule has 0 bridgehead atoms. The Labute approximate surface area is 357 Å². The standard InChI is InChI=1S/C58H39NO3/c1-2-10-39-35-58-51(31-38(39)9-1)50-34-42(23-30-57(50)62-58)45-11-3-6-14-52(45)59(43-24-17-36(18-25-43)40-21-28-55-48(32-40)46-12-4-7-15-53(46)60-55)44-26-19-37(20-27-44)41-22-29-56-49(33-41)47-13-5-8-16-54(47)61-56/h1-19,21-32,34-35,37,41H,20,33H2. The normalized spacial score (nSPS) is 16.2. The molecule has 2 aliphatic carbocycles. The smallest absolute Gasteiger partial charge is 0.136 e. The van der Waals surface area contributed by atoms with Gasteiger partial charge < -0.3 is 18.2 Å². The second kappa shape index (κ2) is 13.9. The topological polar surface area (TPSA) is 42.7 Å². The summed E-state index contributed by atoms with van der Waals surface area (Å²) in [6.07, 6.45) is 13.6. The molecule has 2 atom stereocenters. The van der Waals surface area contributed by atoms with Gasteiger partial charge in [0.1, 0.15) is 33.7 Å². The number of para-hydroxylation sites is 3. The summed E-state index contributed by atoms with van der Waals surface area (Å²) in [7, 11) is 0. The average Bonchev–Trinajstić information content (AvgIpc) is 4.01. The Kier molecular flexibility index (Phi) is 7.83. The third kappa shape index (κ3) is 5.68. The molecule has 62 heavy (non-hydrogen) atoms. The van der Waals surface area contributed by atoms with Crippen molar-refractivity contribution in [2.45, 2.75) is 12.8 Å². The van der Waals surface area contributed by atoms with Gasteiger partial charge in [-0.2, -0.15) is 0 Å². The van der Waals surface area contributed by atoms with Gasteiger partial charge in [-0.3, -0.25) is 0 Å². The van der Waals surface area contributed by atoms with Crippen LogP contribution >= 0.6 is 0 Å². The number of rotatable bonds is 6. The number of hydrogen-bond donors (Lipinski definition) is 0. The van der Waals surface area contributed by atoms with Crippen LogP contribution in [0.5, 0.6) is 0 Å². The second-order valence-electron chi connectivity index (χ2n) is 16.8. The molecule has 0 saturated heterocycles. The van der Waals surface area contributed by atoms with E-state index in [2.05, 4.69) is 187 Å². The molecule has 0 spiro atoms. The maximum atomic E-state index is 6.43. The van der Waals surface area contributed by atoms with Crippen LogP contribution in [0.4, 0.5) is 11.4 Å². The summed E-state index contributed by atoms with van der Waals surface area (Å²) in [5.74, 6) is 1.76. The van der Waals surface area contributed by atoms with Crippen LogP contribution < -0.4 is 4.90 Å². The molecule has 294 valence electrons. The molecule has 4 nitrogen and oxygen atoms in total. The van der Waals surface area contributed by atoms with Crippen LogP contribution in [0.3, 0.4) is 0 Å². The van der Waals surface area contributed by atoms with E-state index in [0.717, 1.165) is 107 Å². The SMILES string of the molecule is C1=CC(C2C=Cc3oc4ccccc4c3C2)CC=C1N(c1ccc(-c2ccc3oc4ccccc4c3c2)cc1)c1ccccc1-c1ccc2oc3cc4ccccc4cc3c2c1. The summed E-state index contributed by atoms with van der Waals surface area (Å²) in [5.41, 5.74) is 13.9. The lowest BCUT2D eigenvalue weighted by molar-refractivity contribution is 0.463. The van der Waals surface area contributed by atoms with Gasteiger partial charge in [-0.15, -0.1) is 0 Å². The summed E-state index contributed by atoms with van der Waals surface area (Å²) in [6, 6.07) is 60.5. The zero-order valence-corrected chi connectivity index (χ0v) is 33.8. The molecule has 0 saturated carbocycles. The van der Waals surface area contributed by atoms with Crippen LogP contribution in [0, 0.1) is 11.8 Å². The van der Waals surface area contributed by atoms with Crippen molar-refractivity contribution < 1.29 is 13.3 Å². The molecule has 4 heteroatoms. The van der Waals surface area contributed by atoms with Crippen molar-refractivity contribution >= 4 is 83.1 Å². The average molecular weight is 798 g/mol. The minimum Gasteiger partial charge on any atom is -0.456 e. The van der Waals surface area contributed by atoms with Gasteiger partial charge in [0.25, 0.3) is 0 Å². The number of nitrogens with zero attached hydrogens (tertiary/aromatic N) is 1.